The van der Waals surface area contributed by atoms with Gasteiger partial charge < -0.3 is 14.8 Å². The van der Waals surface area contributed by atoms with Crippen LogP contribution in [0.1, 0.15) is 38.8 Å². The number of nitrogens with one attached hydrogen (secondary N) is 1. The molecular weight excluding hydrogens is 256 g/mol. The molecule has 1 N–H and O–H groups in total. The highest BCUT2D eigenvalue weighted by Gasteiger charge is 2.50. The van der Waals surface area contributed by atoms with Crippen molar-refractivity contribution in [3.05, 3.63) is 23.8 Å². The smallest absolute Gasteiger partial charge is 0.321 e. The average Bonchev–Trinajstić information content (AvgIpc) is 2.36. The van der Waals surface area contributed by atoms with Gasteiger partial charge in [0.1, 0.15) is 0 Å². The summed E-state index contributed by atoms with van der Waals surface area (Å²) in [5, 5.41) is 3.06. The van der Waals surface area contributed by atoms with E-state index < -0.39 is 5.72 Å². The van der Waals surface area contributed by atoms with Gasteiger partial charge in [0.05, 0.1) is 13.2 Å². The maximum atomic E-state index is 12.3. The summed E-state index contributed by atoms with van der Waals surface area (Å²) in [7, 11) is 1.63. The minimum absolute atomic E-state index is 0.0265. The van der Waals surface area contributed by atoms with Gasteiger partial charge >= 0.3 is 6.03 Å². The lowest BCUT2D eigenvalue weighted by Crippen LogP contribution is -2.66. The first-order chi connectivity index (χ1) is 9.46. The number of benzene rings is 1. The highest BCUT2D eigenvalue weighted by Crippen LogP contribution is 2.48. The first-order valence-corrected chi connectivity index (χ1v) is 6.92. The predicted molar refractivity (Wildman–Crippen MR) is 74.9 cm³/mol. The van der Waals surface area contributed by atoms with Crippen LogP contribution in [0.3, 0.4) is 0 Å². The molecule has 108 valence electrons. The predicted octanol–water partition coefficient (Wildman–Crippen LogP) is 2.67. The molecule has 1 aromatic rings. The largest absolute Gasteiger partial charge is 0.493 e. The first kappa shape index (κ1) is 13.1. The number of methoxy groups -OCH3 is 1. The molecular formula is C15H20N2O3. The van der Waals surface area contributed by atoms with Gasteiger partial charge in [0.25, 0.3) is 0 Å². The fourth-order valence-electron chi connectivity index (χ4n) is 3.32. The van der Waals surface area contributed by atoms with Crippen LogP contribution in [0.5, 0.6) is 11.5 Å². The zero-order chi connectivity index (χ0) is 14.5. The third kappa shape index (κ3) is 1.72. The van der Waals surface area contributed by atoms with Crippen LogP contribution in [0.2, 0.25) is 0 Å². The molecule has 0 saturated carbocycles. The van der Waals surface area contributed by atoms with Crippen molar-refractivity contribution in [3.63, 3.8) is 0 Å². The molecule has 5 nitrogen and oxygen atoms in total. The number of amides is 2. The van der Waals surface area contributed by atoms with Crippen LogP contribution in [-0.4, -0.2) is 29.8 Å². The van der Waals surface area contributed by atoms with Crippen molar-refractivity contribution >= 4 is 6.03 Å². The topological polar surface area (TPSA) is 50.8 Å². The second kappa shape index (κ2) is 4.30. The van der Waals surface area contributed by atoms with Gasteiger partial charge in [0.2, 0.25) is 0 Å². The van der Waals surface area contributed by atoms with E-state index in [-0.39, 0.29) is 18.1 Å². The van der Waals surface area contributed by atoms with E-state index in [9.17, 15) is 4.79 Å². The average molecular weight is 276 g/mol. The SMILES string of the molecule is COc1cccc2c1OC1(C)CC2NC(=O)N1C(C)C. The van der Waals surface area contributed by atoms with E-state index in [4.69, 9.17) is 9.47 Å². The van der Waals surface area contributed by atoms with E-state index >= 15 is 0 Å². The van der Waals surface area contributed by atoms with Crippen molar-refractivity contribution in [2.75, 3.05) is 7.11 Å². The second-order valence-electron chi connectivity index (χ2n) is 5.83. The van der Waals surface area contributed by atoms with E-state index in [1.54, 1.807) is 12.0 Å². The Kier molecular flexibility index (Phi) is 2.81. The number of ether oxygens (including phenoxy) is 2. The van der Waals surface area contributed by atoms with E-state index in [1.807, 2.05) is 39.0 Å². The standard InChI is InChI=1S/C15H20N2O3/c1-9(2)17-14(18)16-11-8-15(17,3)20-13-10(11)6-5-7-12(13)19-4/h5-7,9,11H,8H2,1-4H3,(H,16,18). The lowest BCUT2D eigenvalue weighted by molar-refractivity contribution is -0.0974. The van der Waals surface area contributed by atoms with Gasteiger partial charge in [-0.25, -0.2) is 4.79 Å². The Hall–Kier alpha value is -1.91. The summed E-state index contributed by atoms with van der Waals surface area (Å²) >= 11 is 0. The first-order valence-electron chi connectivity index (χ1n) is 6.92. The normalized spacial score (nSPS) is 27.8. The number of hydrogen-bond donors (Lipinski definition) is 1. The number of carbonyl (C=O) groups is 1. The molecule has 2 aliphatic heterocycles. The van der Waals surface area contributed by atoms with Crippen LogP contribution in [0, 0.1) is 0 Å². The maximum absolute atomic E-state index is 12.3. The Labute approximate surface area is 118 Å². The molecule has 1 aromatic carbocycles. The number of carbonyl (C=O) groups excluding carboxylic acids is 1. The van der Waals surface area contributed by atoms with E-state index in [0.717, 1.165) is 17.7 Å². The van der Waals surface area contributed by atoms with Crippen LogP contribution in [0.15, 0.2) is 18.2 Å². The number of hydrogen-bond acceptors (Lipinski definition) is 3. The summed E-state index contributed by atoms with van der Waals surface area (Å²) in [6.45, 7) is 5.95. The summed E-state index contributed by atoms with van der Waals surface area (Å²) in [6.07, 6.45) is 0.733. The van der Waals surface area contributed by atoms with Crippen molar-refractivity contribution in [3.8, 4) is 11.5 Å². The quantitative estimate of drug-likeness (QED) is 0.903. The van der Waals surface area contributed by atoms with Crippen molar-refractivity contribution in [2.45, 2.75) is 45.0 Å². The molecule has 3 rings (SSSR count). The Morgan fingerprint density at radius 2 is 2.25 bits per heavy atom. The van der Waals surface area contributed by atoms with Crippen molar-refractivity contribution in [1.82, 2.24) is 10.2 Å². The monoisotopic (exact) mass is 276 g/mol. The molecule has 0 spiro atoms. The molecule has 0 aromatic heterocycles. The van der Waals surface area contributed by atoms with Crippen molar-refractivity contribution in [1.29, 1.82) is 0 Å². The summed E-state index contributed by atoms with van der Waals surface area (Å²) < 4.78 is 11.6. The number of para-hydroxylation sites is 1. The van der Waals surface area contributed by atoms with E-state index in [2.05, 4.69) is 5.32 Å². The van der Waals surface area contributed by atoms with Gasteiger partial charge in [-0.1, -0.05) is 12.1 Å². The Balaban J connectivity index is 2.11. The Bertz CT molecular complexity index is 558. The molecule has 2 atom stereocenters. The molecule has 2 amide bonds. The molecule has 20 heavy (non-hydrogen) atoms. The maximum Gasteiger partial charge on any atom is 0.321 e. The summed E-state index contributed by atoms with van der Waals surface area (Å²) in [5.74, 6) is 1.44. The molecule has 2 unspecified atom stereocenters. The number of nitrogens with zero attached hydrogens (tertiary/aromatic N) is 1. The van der Waals surface area contributed by atoms with Gasteiger partial charge in [-0.05, 0) is 26.8 Å². The van der Waals surface area contributed by atoms with E-state index in [0.29, 0.717) is 5.75 Å². The van der Waals surface area contributed by atoms with Crippen molar-refractivity contribution < 1.29 is 14.3 Å². The minimum atomic E-state index is -0.636. The number of fused-ring (bicyclic) bond motifs is 4. The van der Waals surface area contributed by atoms with E-state index in [1.165, 1.54) is 0 Å². The molecule has 5 heteroatoms. The summed E-state index contributed by atoms with van der Waals surface area (Å²) in [4.78, 5) is 14.1. The van der Waals surface area contributed by atoms with Crippen LogP contribution in [-0.2, 0) is 0 Å². The lowest BCUT2D eigenvalue weighted by atomic mass is 9.89. The van der Waals surface area contributed by atoms with Crippen molar-refractivity contribution in [2.24, 2.45) is 0 Å². The Morgan fingerprint density at radius 3 is 2.90 bits per heavy atom. The van der Waals surface area contributed by atoms with Crippen LogP contribution >= 0.6 is 0 Å². The molecule has 0 aliphatic carbocycles. The second-order valence-corrected chi connectivity index (χ2v) is 5.83. The fourth-order valence-corrected chi connectivity index (χ4v) is 3.32. The minimum Gasteiger partial charge on any atom is -0.493 e. The molecule has 1 fully saturated rings. The molecule has 2 aliphatic rings. The summed E-state index contributed by atoms with van der Waals surface area (Å²) in [5.41, 5.74) is 0.349. The fraction of sp³-hybridized carbons (Fsp3) is 0.533. The van der Waals surface area contributed by atoms with Crippen LogP contribution in [0.25, 0.3) is 0 Å². The lowest BCUT2D eigenvalue weighted by Gasteiger charge is -2.52. The molecule has 2 bridgehead atoms. The highest BCUT2D eigenvalue weighted by atomic mass is 16.5. The number of urea groups is 1. The zero-order valence-electron chi connectivity index (χ0n) is 12.3. The van der Waals surface area contributed by atoms with Gasteiger partial charge in [-0.3, -0.25) is 4.90 Å². The van der Waals surface area contributed by atoms with Crippen LogP contribution in [0.4, 0.5) is 4.79 Å². The molecule has 2 heterocycles. The summed E-state index contributed by atoms with van der Waals surface area (Å²) in [6, 6.07) is 5.74. The Morgan fingerprint density at radius 1 is 1.50 bits per heavy atom. The van der Waals surface area contributed by atoms with Gasteiger partial charge in [-0.15, -0.1) is 0 Å². The molecule has 0 radical (unpaired) electrons. The number of rotatable bonds is 2. The third-order valence-corrected chi connectivity index (χ3v) is 4.05. The van der Waals surface area contributed by atoms with Crippen LogP contribution < -0.4 is 14.8 Å². The van der Waals surface area contributed by atoms with Gasteiger partial charge in [0, 0.05) is 18.0 Å². The van der Waals surface area contributed by atoms with Gasteiger partial charge in [0.15, 0.2) is 17.2 Å². The zero-order valence-corrected chi connectivity index (χ0v) is 12.3. The van der Waals surface area contributed by atoms with Gasteiger partial charge in [-0.2, -0.15) is 0 Å². The molecule has 1 saturated heterocycles. The highest BCUT2D eigenvalue weighted by molar-refractivity contribution is 5.78. The third-order valence-electron chi connectivity index (χ3n) is 4.05.